The average Bonchev–Trinajstić information content (AvgIpc) is 3.73. The number of esters is 2. The predicted octanol–water partition coefficient (Wildman–Crippen LogP) is 1.60. The number of carbonyl (C=O) groups is 2. The third-order valence-electron chi connectivity index (χ3n) is 6.22. The maximum atomic E-state index is 12.1. The van der Waals surface area contributed by atoms with Crippen molar-refractivity contribution in [1.29, 1.82) is 0 Å². The van der Waals surface area contributed by atoms with E-state index >= 15 is 0 Å². The minimum Gasteiger partial charge on any atom is -0.479 e. The van der Waals surface area contributed by atoms with Crippen LogP contribution in [0.1, 0.15) is 32.1 Å². The number of azo groups is 2. The summed E-state index contributed by atoms with van der Waals surface area (Å²) in [6, 6.07) is -0.698. The van der Waals surface area contributed by atoms with E-state index < -0.39 is 17.9 Å². The monoisotopic (exact) mass is 619 g/mol. The van der Waals surface area contributed by atoms with Gasteiger partial charge in [0, 0.05) is 14.1 Å². The normalized spacial score (nSPS) is 11.6. The van der Waals surface area contributed by atoms with Crippen LogP contribution in [0, 0.1) is 13.8 Å². The molecule has 0 fully saturated rings. The Morgan fingerprint density at radius 2 is 1.13 bits per heavy atom. The fraction of sp³-hybridized carbons (Fsp3) is 0.261. The molecule has 0 amide bonds. The summed E-state index contributed by atoms with van der Waals surface area (Å²) in [5.41, 5.74) is 13.7. The number of aromatic nitrogens is 11. The third kappa shape index (κ3) is 5.37. The van der Waals surface area contributed by atoms with Crippen LogP contribution in [0.5, 0.6) is 6.01 Å². The molecular formula is C23H25N17O5. The van der Waals surface area contributed by atoms with Gasteiger partial charge in [0.2, 0.25) is 0 Å². The molecule has 0 saturated carbocycles. The van der Waals surface area contributed by atoms with Gasteiger partial charge >= 0.3 is 17.9 Å². The van der Waals surface area contributed by atoms with E-state index in [-0.39, 0.29) is 57.7 Å². The quantitative estimate of drug-likeness (QED) is 0.164. The van der Waals surface area contributed by atoms with Crippen LogP contribution in [0.25, 0.3) is 11.9 Å². The Balaban J connectivity index is 1.50. The number of methoxy groups -OCH3 is 2. The molecule has 5 heterocycles. The second-order valence-electron chi connectivity index (χ2n) is 9.09. The van der Waals surface area contributed by atoms with Crippen molar-refractivity contribution in [2.24, 2.45) is 34.6 Å². The predicted molar refractivity (Wildman–Crippen MR) is 151 cm³/mol. The third-order valence-corrected chi connectivity index (χ3v) is 6.22. The van der Waals surface area contributed by atoms with Crippen LogP contribution < -0.4 is 11.5 Å². The number of aryl methyl sites for hydroxylation is 4. The highest BCUT2D eigenvalue weighted by atomic mass is 16.5. The fourth-order valence-corrected chi connectivity index (χ4v) is 3.96. The van der Waals surface area contributed by atoms with Crippen molar-refractivity contribution < 1.29 is 24.2 Å². The highest BCUT2D eigenvalue weighted by Gasteiger charge is 2.23. The number of hydrogen-bond acceptors (Lipinski definition) is 18. The molecule has 5 rings (SSSR count). The standard InChI is InChI=1S/C23H25N17O5/c1-9-13(31-33-17-11(19(41)44-5)7-26-37(17)3)15(24)39(35-9)21-28-22(30-23(43)29-21)40-16(25)14(10(2)36-40)32-34-18-12(20(42)45-6)8-27-38(18)4/h7-8H,24-25H2,1-6H3,(H,28,29,30,43). The van der Waals surface area contributed by atoms with Gasteiger partial charge in [0.25, 0.3) is 11.9 Å². The molecule has 0 atom stereocenters. The van der Waals surface area contributed by atoms with Crippen molar-refractivity contribution in [1.82, 2.24) is 54.1 Å². The minimum absolute atomic E-state index is 0.0497. The van der Waals surface area contributed by atoms with E-state index in [1.54, 1.807) is 27.9 Å². The molecule has 0 radical (unpaired) electrons. The smallest absolute Gasteiger partial charge is 0.343 e. The highest BCUT2D eigenvalue weighted by Crippen LogP contribution is 2.33. The van der Waals surface area contributed by atoms with Crippen molar-refractivity contribution in [3.05, 3.63) is 34.9 Å². The number of ether oxygens (including phenoxy) is 2. The molecule has 22 nitrogen and oxygen atoms in total. The van der Waals surface area contributed by atoms with Gasteiger partial charge in [-0.3, -0.25) is 0 Å². The molecule has 0 aliphatic rings. The molecule has 0 saturated heterocycles. The van der Waals surface area contributed by atoms with Crippen molar-refractivity contribution in [3.63, 3.8) is 0 Å². The van der Waals surface area contributed by atoms with Crippen LogP contribution in [-0.2, 0) is 23.6 Å². The molecular weight excluding hydrogens is 594 g/mol. The molecule has 0 spiro atoms. The molecule has 232 valence electrons. The number of aromatic hydroxyl groups is 1. The lowest BCUT2D eigenvalue weighted by Crippen LogP contribution is -2.13. The van der Waals surface area contributed by atoms with Crippen molar-refractivity contribution in [2.75, 3.05) is 25.7 Å². The van der Waals surface area contributed by atoms with Gasteiger partial charge in [-0.15, -0.1) is 20.5 Å². The molecule has 0 unspecified atom stereocenters. The zero-order valence-electron chi connectivity index (χ0n) is 24.6. The Bertz CT molecular complexity index is 1870. The Morgan fingerprint density at radius 1 is 0.733 bits per heavy atom. The molecule has 5 N–H and O–H groups in total. The number of nitrogens with two attached hydrogens (primary N) is 2. The highest BCUT2D eigenvalue weighted by molar-refractivity contribution is 5.94. The molecule has 0 aliphatic carbocycles. The summed E-state index contributed by atoms with van der Waals surface area (Å²) in [4.78, 5) is 36.3. The Morgan fingerprint density at radius 3 is 1.51 bits per heavy atom. The van der Waals surface area contributed by atoms with Gasteiger partial charge in [-0.25, -0.2) is 19.0 Å². The summed E-state index contributed by atoms with van der Waals surface area (Å²) in [6.45, 7) is 3.21. The Hall–Kier alpha value is -6.61. The number of carbonyl (C=O) groups excluding carboxylic acids is 2. The van der Waals surface area contributed by atoms with Gasteiger partial charge in [-0.2, -0.15) is 44.7 Å². The summed E-state index contributed by atoms with van der Waals surface area (Å²) >= 11 is 0. The number of nitrogen functional groups attached to an aromatic ring is 2. The summed E-state index contributed by atoms with van der Waals surface area (Å²) in [6.07, 6.45) is 2.59. The number of anilines is 2. The maximum Gasteiger partial charge on any atom is 0.343 e. The lowest BCUT2D eigenvalue weighted by atomic mass is 10.3. The second kappa shape index (κ2) is 11.6. The van der Waals surface area contributed by atoms with E-state index in [4.69, 9.17) is 20.9 Å². The van der Waals surface area contributed by atoms with Crippen LogP contribution in [-0.4, -0.2) is 85.3 Å². The van der Waals surface area contributed by atoms with E-state index in [0.717, 1.165) is 9.36 Å². The van der Waals surface area contributed by atoms with Gasteiger partial charge in [0.05, 0.1) is 38.0 Å². The van der Waals surface area contributed by atoms with Crippen LogP contribution in [0.3, 0.4) is 0 Å². The van der Waals surface area contributed by atoms with Crippen LogP contribution >= 0.6 is 0 Å². The Kier molecular flexibility index (Phi) is 7.69. The van der Waals surface area contributed by atoms with E-state index in [0.29, 0.717) is 11.4 Å². The zero-order chi connectivity index (χ0) is 32.6. The minimum atomic E-state index is -0.698. The van der Waals surface area contributed by atoms with Gasteiger partial charge in [0.1, 0.15) is 11.1 Å². The van der Waals surface area contributed by atoms with Crippen molar-refractivity contribution >= 4 is 46.6 Å². The first kappa shape index (κ1) is 29.9. The van der Waals surface area contributed by atoms with Gasteiger partial charge in [-0.05, 0) is 13.8 Å². The molecule has 0 aliphatic heterocycles. The van der Waals surface area contributed by atoms with Gasteiger partial charge in [-0.1, -0.05) is 0 Å². The molecule has 0 bridgehead atoms. The van der Waals surface area contributed by atoms with Crippen LogP contribution in [0.15, 0.2) is 32.9 Å². The molecule has 5 aromatic heterocycles. The number of nitrogens with zero attached hydrogens (tertiary/aromatic N) is 15. The average molecular weight is 620 g/mol. The second-order valence-corrected chi connectivity index (χ2v) is 9.09. The summed E-state index contributed by atoms with van der Waals surface area (Å²) < 4.78 is 14.4. The topological polar surface area (TPSA) is 284 Å². The van der Waals surface area contributed by atoms with Crippen molar-refractivity contribution in [3.8, 4) is 17.9 Å². The molecule has 0 aromatic carbocycles. The lowest BCUT2D eigenvalue weighted by molar-refractivity contribution is 0.0592. The first-order chi connectivity index (χ1) is 21.4. The summed E-state index contributed by atoms with van der Waals surface area (Å²) in [7, 11) is 5.61. The molecule has 22 heteroatoms. The molecule has 5 aromatic rings. The van der Waals surface area contributed by atoms with Gasteiger partial charge < -0.3 is 26.0 Å². The van der Waals surface area contributed by atoms with Crippen LogP contribution in [0.2, 0.25) is 0 Å². The van der Waals surface area contributed by atoms with E-state index in [1.165, 1.54) is 36.0 Å². The van der Waals surface area contributed by atoms with Crippen LogP contribution in [0.4, 0.5) is 34.6 Å². The largest absolute Gasteiger partial charge is 0.479 e. The fourth-order valence-electron chi connectivity index (χ4n) is 3.96. The SMILES string of the molecule is COC(=O)c1cnn(C)c1N=Nc1c(C)nn(-c2nc(O)nc(-n3nc(C)c(N=Nc4c(C(=O)OC)cnn4C)c3N)n2)c1N. The summed E-state index contributed by atoms with van der Waals surface area (Å²) in [5.74, 6) is -1.56. The number of rotatable bonds is 8. The van der Waals surface area contributed by atoms with Crippen molar-refractivity contribution in [2.45, 2.75) is 13.8 Å². The molecule has 45 heavy (non-hydrogen) atoms. The first-order valence-electron chi connectivity index (χ1n) is 12.6. The lowest BCUT2D eigenvalue weighted by Gasteiger charge is -2.06. The summed E-state index contributed by atoms with van der Waals surface area (Å²) in [5, 5.41) is 43.5. The van der Waals surface area contributed by atoms with Gasteiger partial charge in [0.15, 0.2) is 34.6 Å². The maximum absolute atomic E-state index is 12.1. The van der Waals surface area contributed by atoms with E-state index in [2.05, 4.69) is 55.8 Å². The van der Waals surface area contributed by atoms with E-state index in [9.17, 15) is 14.7 Å². The zero-order valence-corrected chi connectivity index (χ0v) is 24.6. The van der Waals surface area contributed by atoms with E-state index in [1.807, 2.05) is 0 Å². The first-order valence-corrected chi connectivity index (χ1v) is 12.6. The number of hydrogen-bond donors (Lipinski definition) is 3. The Labute approximate surface area is 252 Å².